The highest BCUT2D eigenvalue weighted by Crippen LogP contribution is 2.41. The van der Waals surface area contributed by atoms with E-state index in [-0.39, 0.29) is 0 Å². The smallest absolute Gasteiger partial charge is 0.0158 e. The zero-order chi connectivity index (χ0) is 8.44. The van der Waals surface area contributed by atoms with Gasteiger partial charge in [-0.3, -0.25) is 0 Å². The van der Waals surface area contributed by atoms with Gasteiger partial charge in [0.1, 0.15) is 0 Å². The molecule has 0 aromatic heterocycles. The van der Waals surface area contributed by atoms with E-state index in [0.717, 1.165) is 5.92 Å². The first-order valence-electron chi connectivity index (χ1n) is 5.57. The highest BCUT2D eigenvalue weighted by atomic mass is 14.8. The van der Waals surface area contributed by atoms with Crippen molar-refractivity contribution in [2.45, 2.75) is 63.3 Å². The lowest BCUT2D eigenvalue weighted by atomic mass is 9.92. The first-order chi connectivity index (χ1) is 5.79. The highest BCUT2D eigenvalue weighted by molar-refractivity contribution is 4.99. The third kappa shape index (κ3) is 2.22. The summed E-state index contributed by atoms with van der Waals surface area (Å²) in [5.41, 5.74) is 6.43. The minimum atomic E-state index is 0.301. The fraction of sp³-hybridized carbons (Fsp3) is 1.00. The van der Waals surface area contributed by atoms with Crippen LogP contribution in [0.15, 0.2) is 0 Å². The van der Waals surface area contributed by atoms with E-state index in [0.29, 0.717) is 5.54 Å². The lowest BCUT2D eigenvalue weighted by Crippen LogP contribution is -2.25. The van der Waals surface area contributed by atoms with Crippen LogP contribution in [0.2, 0.25) is 0 Å². The average Bonchev–Trinajstić information content (AvgIpc) is 2.78. The van der Waals surface area contributed by atoms with E-state index in [2.05, 4.69) is 0 Å². The van der Waals surface area contributed by atoms with Crippen molar-refractivity contribution < 1.29 is 0 Å². The Morgan fingerprint density at radius 1 is 1.00 bits per heavy atom. The van der Waals surface area contributed by atoms with Crippen LogP contribution in [0.4, 0.5) is 0 Å². The van der Waals surface area contributed by atoms with Crippen molar-refractivity contribution >= 4 is 0 Å². The van der Waals surface area contributed by atoms with Crippen molar-refractivity contribution in [3.05, 3.63) is 0 Å². The number of hydrogen-bond donors (Lipinski definition) is 1. The molecule has 0 heterocycles. The van der Waals surface area contributed by atoms with Crippen molar-refractivity contribution in [2.24, 2.45) is 11.7 Å². The summed E-state index contributed by atoms with van der Waals surface area (Å²) >= 11 is 0. The molecule has 0 atom stereocenters. The van der Waals surface area contributed by atoms with Gasteiger partial charge in [-0.05, 0) is 25.2 Å². The van der Waals surface area contributed by atoms with Crippen LogP contribution >= 0.6 is 0 Å². The summed E-state index contributed by atoms with van der Waals surface area (Å²) in [4.78, 5) is 0. The molecule has 0 amide bonds. The summed E-state index contributed by atoms with van der Waals surface area (Å²) < 4.78 is 0. The first-order valence-corrected chi connectivity index (χ1v) is 5.57. The summed E-state index contributed by atoms with van der Waals surface area (Å²) in [7, 11) is 0. The molecular weight excluding hydrogens is 146 g/mol. The predicted octanol–water partition coefficient (Wildman–Crippen LogP) is 2.84. The topological polar surface area (TPSA) is 26.0 Å². The minimum absolute atomic E-state index is 0.301. The van der Waals surface area contributed by atoms with Crippen LogP contribution in [0, 0.1) is 5.92 Å². The summed E-state index contributed by atoms with van der Waals surface area (Å²) in [5.74, 6) is 0.972. The van der Waals surface area contributed by atoms with Crippen molar-refractivity contribution in [2.75, 3.05) is 0 Å². The van der Waals surface area contributed by atoms with E-state index < -0.39 is 0 Å². The molecule has 2 N–H and O–H groups in total. The zero-order valence-electron chi connectivity index (χ0n) is 8.02. The zero-order valence-corrected chi connectivity index (χ0v) is 8.02. The van der Waals surface area contributed by atoms with Crippen LogP contribution in [-0.2, 0) is 0 Å². The standard InChI is InChI=1S/C11H21N/c12-11(7-8-11)9-10-5-3-1-2-4-6-10/h10H,1-9,12H2. The van der Waals surface area contributed by atoms with Crippen LogP contribution in [-0.4, -0.2) is 5.54 Å². The molecule has 2 saturated carbocycles. The van der Waals surface area contributed by atoms with Crippen molar-refractivity contribution in [3.8, 4) is 0 Å². The van der Waals surface area contributed by atoms with Gasteiger partial charge in [-0.25, -0.2) is 0 Å². The molecule has 0 aliphatic heterocycles. The summed E-state index contributed by atoms with van der Waals surface area (Å²) in [6, 6.07) is 0. The fourth-order valence-electron chi connectivity index (χ4n) is 2.51. The van der Waals surface area contributed by atoms with E-state index in [4.69, 9.17) is 5.73 Å². The monoisotopic (exact) mass is 167 g/mol. The third-order valence-corrected chi connectivity index (χ3v) is 3.56. The molecule has 0 spiro atoms. The van der Waals surface area contributed by atoms with E-state index in [1.807, 2.05) is 0 Å². The first kappa shape index (κ1) is 8.55. The summed E-state index contributed by atoms with van der Waals surface area (Å²) in [6.07, 6.45) is 12.7. The van der Waals surface area contributed by atoms with Crippen LogP contribution in [0.1, 0.15) is 57.8 Å². The van der Waals surface area contributed by atoms with Gasteiger partial charge in [0.05, 0.1) is 0 Å². The van der Waals surface area contributed by atoms with Gasteiger partial charge in [0.2, 0.25) is 0 Å². The number of rotatable bonds is 2. The minimum Gasteiger partial charge on any atom is -0.325 e. The maximum atomic E-state index is 6.13. The van der Waals surface area contributed by atoms with E-state index in [1.54, 1.807) is 0 Å². The third-order valence-electron chi connectivity index (χ3n) is 3.56. The Hall–Kier alpha value is -0.0400. The van der Waals surface area contributed by atoms with Crippen molar-refractivity contribution in [1.82, 2.24) is 0 Å². The van der Waals surface area contributed by atoms with E-state index >= 15 is 0 Å². The lowest BCUT2D eigenvalue weighted by molar-refractivity contribution is 0.379. The van der Waals surface area contributed by atoms with Gasteiger partial charge in [-0.2, -0.15) is 0 Å². The Bertz CT molecular complexity index is 141. The second-order valence-electron chi connectivity index (χ2n) is 4.92. The lowest BCUT2D eigenvalue weighted by Gasteiger charge is -2.17. The normalized spacial score (nSPS) is 29.8. The molecule has 70 valence electrons. The van der Waals surface area contributed by atoms with Crippen LogP contribution in [0.25, 0.3) is 0 Å². The summed E-state index contributed by atoms with van der Waals surface area (Å²) in [5, 5.41) is 0. The van der Waals surface area contributed by atoms with Crippen molar-refractivity contribution in [3.63, 3.8) is 0 Å². The van der Waals surface area contributed by atoms with Gasteiger partial charge in [0.15, 0.2) is 0 Å². The predicted molar refractivity (Wildman–Crippen MR) is 52.0 cm³/mol. The SMILES string of the molecule is NC1(CC2CCCCCC2)CC1. The molecule has 2 aliphatic rings. The van der Waals surface area contributed by atoms with E-state index in [9.17, 15) is 0 Å². The van der Waals surface area contributed by atoms with Gasteiger partial charge >= 0.3 is 0 Å². The van der Waals surface area contributed by atoms with Gasteiger partial charge in [-0.1, -0.05) is 38.5 Å². The molecule has 0 radical (unpaired) electrons. The molecule has 2 rings (SSSR count). The van der Waals surface area contributed by atoms with E-state index in [1.165, 1.54) is 57.8 Å². The maximum absolute atomic E-state index is 6.13. The molecule has 0 aromatic carbocycles. The molecule has 1 nitrogen and oxygen atoms in total. The molecule has 2 fully saturated rings. The molecule has 0 bridgehead atoms. The Labute approximate surface area is 75.7 Å². The van der Waals surface area contributed by atoms with Crippen LogP contribution in [0.5, 0.6) is 0 Å². The maximum Gasteiger partial charge on any atom is 0.0158 e. The summed E-state index contributed by atoms with van der Waals surface area (Å²) in [6.45, 7) is 0. The Morgan fingerprint density at radius 3 is 2.08 bits per heavy atom. The average molecular weight is 167 g/mol. The van der Waals surface area contributed by atoms with Crippen LogP contribution < -0.4 is 5.73 Å². The Morgan fingerprint density at radius 2 is 1.58 bits per heavy atom. The number of hydrogen-bond acceptors (Lipinski definition) is 1. The van der Waals surface area contributed by atoms with Gasteiger partial charge < -0.3 is 5.73 Å². The van der Waals surface area contributed by atoms with Crippen molar-refractivity contribution in [1.29, 1.82) is 0 Å². The molecule has 12 heavy (non-hydrogen) atoms. The van der Waals surface area contributed by atoms with Gasteiger partial charge in [-0.15, -0.1) is 0 Å². The van der Waals surface area contributed by atoms with Gasteiger partial charge in [0.25, 0.3) is 0 Å². The second kappa shape index (κ2) is 3.37. The quantitative estimate of drug-likeness (QED) is 0.629. The Balaban J connectivity index is 1.77. The van der Waals surface area contributed by atoms with Gasteiger partial charge in [0, 0.05) is 5.54 Å². The Kier molecular flexibility index (Phi) is 2.40. The largest absolute Gasteiger partial charge is 0.325 e. The molecule has 0 unspecified atom stereocenters. The second-order valence-corrected chi connectivity index (χ2v) is 4.92. The fourth-order valence-corrected chi connectivity index (χ4v) is 2.51. The molecule has 2 aliphatic carbocycles. The molecule has 0 saturated heterocycles. The number of nitrogens with two attached hydrogens (primary N) is 1. The highest BCUT2D eigenvalue weighted by Gasteiger charge is 2.39. The molecule has 1 heteroatoms. The molecule has 0 aromatic rings. The molecular formula is C11H21N. The van der Waals surface area contributed by atoms with Crippen LogP contribution in [0.3, 0.4) is 0 Å².